The molecular weight excluding hydrogens is 276 g/mol. The maximum absolute atomic E-state index is 11.6. The molecule has 3 N–H and O–H groups in total. The van der Waals surface area contributed by atoms with E-state index < -0.39 is 10.1 Å². The van der Waals surface area contributed by atoms with Gasteiger partial charge in [0.05, 0.1) is 11.5 Å². The average Bonchev–Trinajstić information content (AvgIpc) is 2.31. The Morgan fingerprint density at radius 1 is 1.33 bits per heavy atom. The summed E-state index contributed by atoms with van der Waals surface area (Å²) >= 11 is -0.250. The number of hydrogen-bond acceptors (Lipinski definition) is 6. The van der Waals surface area contributed by atoms with E-state index in [0.717, 1.165) is 12.8 Å². The summed E-state index contributed by atoms with van der Waals surface area (Å²) in [4.78, 5) is 0.146. The van der Waals surface area contributed by atoms with Crippen molar-refractivity contribution in [2.24, 2.45) is 0 Å². The van der Waals surface area contributed by atoms with Gasteiger partial charge in [0.25, 0.3) is 10.1 Å². The van der Waals surface area contributed by atoms with Crippen molar-refractivity contribution in [1.29, 1.82) is 4.78 Å². The maximum Gasteiger partial charge on any atom is 0.296 e. The van der Waals surface area contributed by atoms with E-state index in [-0.39, 0.29) is 23.0 Å². The van der Waals surface area contributed by atoms with E-state index in [2.05, 4.69) is 0 Å². The van der Waals surface area contributed by atoms with Crippen LogP contribution in [0.25, 0.3) is 0 Å². The molecule has 0 amide bonds. The first-order valence-corrected chi connectivity index (χ1v) is 7.33. The molecule has 0 radical (unpaired) electrons. The van der Waals surface area contributed by atoms with E-state index >= 15 is 0 Å². The Hall–Kier alpha value is -1.25. The molecule has 0 aliphatic carbocycles. The molecule has 0 aromatic heterocycles. The lowest BCUT2D eigenvalue weighted by molar-refractivity contribution is 0.311. The molecule has 0 heterocycles. The summed E-state index contributed by atoms with van der Waals surface area (Å²) in [5.74, 6) is 0. The molecule has 1 aromatic rings. The molecule has 0 fully saturated rings. The lowest BCUT2D eigenvalue weighted by Crippen LogP contribution is -2.07. The van der Waals surface area contributed by atoms with Crippen molar-refractivity contribution in [3.05, 3.63) is 24.3 Å². The Morgan fingerprint density at radius 2 is 1.83 bits per heavy atom. The second kappa shape index (κ2) is 8.78. The van der Waals surface area contributed by atoms with Crippen LogP contribution in [0, 0.1) is 4.78 Å². The fourth-order valence-corrected chi connectivity index (χ4v) is 1.96. The van der Waals surface area contributed by atoms with E-state index in [9.17, 15) is 8.42 Å². The molecule has 0 saturated heterocycles. The van der Waals surface area contributed by atoms with Crippen LogP contribution in [-0.2, 0) is 25.8 Å². The molecular formula is C10H16N2O4S2. The summed E-state index contributed by atoms with van der Waals surface area (Å²) in [5.41, 5.74) is 5.99. The van der Waals surface area contributed by atoms with Crippen molar-refractivity contribution >= 4 is 27.3 Å². The van der Waals surface area contributed by atoms with E-state index in [4.69, 9.17) is 18.9 Å². The Balaban J connectivity index is 0.000000873. The zero-order valence-electron chi connectivity index (χ0n) is 9.96. The first kappa shape index (κ1) is 16.8. The SMILES string of the molecule is CCCCOS(=O)(=O)c1ccc(N)cc1.N=S=O. The molecule has 6 nitrogen and oxygen atoms in total. The first-order chi connectivity index (χ1) is 8.47. The molecule has 0 unspecified atom stereocenters. The fraction of sp³-hybridized carbons (Fsp3) is 0.400. The van der Waals surface area contributed by atoms with Gasteiger partial charge in [-0.05, 0) is 30.7 Å². The van der Waals surface area contributed by atoms with Crippen LogP contribution >= 0.6 is 0 Å². The van der Waals surface area contributed by atoms with E-state index in [1.54, 1.807) is 0 Å². The van der Waals surface area contributed by atoms with Crippen LogP contribution in [0.2, 0.25) is 0 Å². The normalized spacial score (nSPS) is 10.3. The molecule has 1 aromatic carbocycles. The lowest BCUT2D eigenvalue weighted by Gasteiger charge is -2.04. The lowest BCUT2D eigenvalue weighted by atomic mass is 10.3. The topological polar surface area (TPSA) is 110 Å². The number of anilines is 1. The number of nitrogen functional groups attached to an aromatic ring is 1. The number of nitrogens with two attached hydrogens (primary N) is 1. The summed E-state index contributed by atoms with van der Waals surface area (Å²) in [7, 11) is -3.60. The van der Waals surface area contributed by atoms with E-state index in [1.807, 2.05) is 6.92 Å². The first-order valence-electron chi connectivity index (χ1n) is 5.18. The summed E-state index contributed by atoms with van der Waals surface area (Å²) in [6.45, 7) is 2.20. The van der Waals surface area contributed by atoms with Crippen LogP contribution in [0.5, 0.6) is 0 Å². The van der Waals surface area contributed by atoms with Gasteiger partial charge in [-0.15, -0.1) is 0 Å². The molecule has 0 atom stereocenters. The predicted molar refractivity (Wildman–Crippen MR) is 69.8 cm³/mol. The Morgan fingerprint density at radius 3 is 2.28 bits per heavy atom. The smallest absolute Gasteiger partial charge is 0.296 e. The van der Waals surface area contributed by atoms with Gasteiger partial charge in [0.15, 0.2) is 11.5 Å². The highest BCUT2D eigenvalue weighted by Gasteiger charge is 2.13. The molecule has 18 heavy (non-hydrogen) atoms. The number of nitrogens with one attached hydrogen (secondary N) is 1. The van der Waals surface area contributed by atoms with Crippen molar-refractivity contribution in [2.75, 3.05) is 12.3 Å². The van der Waals surface area contributed by atoms with Crippen LogP contribution in [0.3, 0.4) is 0 Å². The monoisotopic (exact) mass is 292 g/mol. The Labute approximate surface area is 110 Å². The average molecular weight is 292 g/mol. The molecule has 8 heteroatoms. The van der Waals surface area contributed by atoms with Crippen LogP contribution in [0.15, 0.2) is 29.2 Å². The standard InChI is InChI=1S/C10H15NO3S.HNOS/c1-2-3-8-14-15(12,13)10-6-4-9(11)5-7-10;1-3-2/h4-7H,2-3,8,11H2,1H3;1H. The second-order valence-electron chi connectivity index (χ2n) is 3.28. The quantitative estimate of drug-likeness (QED) is 0.488. The Kier molecular flexibility index (Phi) is 8.17. The largest absolute Gasteiger partial charge is 0.399 e. The number of rotatable bonds is 5. The third kappa shape index (κ3) is 6.48. The minimum Gasteiger partial charge on any atom is -0.399 e. The molecule has 0 aliphatic heterocycles. The fourth-order valence-electron chi connectivity index (χ4n) is 1.02. The highest BCUT2D eigenvalue weighted by molar-refractivity contribution is 7.86. The van der Waals surface area contributed by atoms with Gasteiger partial charge in [-0.1, -0.05) is 13.3 Å². The third-order valence-electron chi connectivity index (χ3n) is 1.91. The van der Waals surface area contributed by atoms with Gasteiger partial charge in [0.2, 0.25) is 0 Å². The van der Waals surface area contributed by atoms with Crippen molar-refractivity contribution in [1.82, 2.24) is 0 Å². The van der Waals surface area contributed by atoms with E-state index in [0.29, 0.717) is 5.69 Å². The van der Waals surface area contributed by atoms with Crippen LogP contribution < -0.4 is 5.73 Å². The summed E-state index contributed by atoms with van der Waals surface area (Å²) in [6.07, 6.45) is 1.63. The maximum atomic E-state index is 11.6. The third-order valence-corrected chi connectivity index (χ3v) is 3.23. The second-order valence-corrected chi connectivity index (χ2v) is 5.06. The summed E-state index contributed by atoms with van der Waals surface area (Å²) in [6, 6.07) is 5.96. The molecule has 102 valence electrons. The number of unbranched alkanes of at least 4 members (excludes halogenated alkanes) is 1. The van der Waals surface area contributed by atoms with Crippen LogP contribution in [0.1, 0.15) is 19.8 Å². The molecule has 0 bridgehead atoms. The zero-order chi connectivity index (χ0) is 14.0. The van der Waals surface area contributed by atoms with Crippen LogP contribution in [0.4, 0.5) is 5.69 Å². The minimum atomic E-state index is -3.60. The summed E-state index contributed by atoms with van der Waals surface area (Å²) < 4.78 is 42.0. The molecule has 0 spiro atoms. The van der Waals surface area contributed by atoms with Gasteiger partial charge < -0.3 is 5.73 Å². The van der Waals surface area contributed by atoms with Crippen molar-refractivity contribution in [3.8, 4) is 0 Å². The molecule has 1 rings (SSSR count). The zero-order valence-corrected chi connectivity index (χ0v) is 11.6. The van der Waals surface area contributed by atoms with Gasteiger partial charge in [-0.2, -0.15) is 12.6 Å². The van der Waals surface area contributed by atoms with Crippen molar-refractivity contribution in [3.63, 3.8) is 0 Å². The molecule has 0 aliphatic rings. The highest BCUT2D eigenvalue weighted by Crippen LogP contribution is 2.14. The van der Waals surface area contributed by atoms with E-state index in [1.165, 1.54) is 24.3 Å². The van der Waals surface area contributed by atoms with Gasteiger partial charge >= 0.3 is 0 Å². The van der Waals surface area contributed by atoms with Crippen LogP contribution in [-0.4, -0.2) is 19.2 Å². The summed E-state index contributed by atoms with van der Waals surface area (Å²) in [5, 5.41) is 0. The van der Waals surface area contributed by atoms with Crippen molar-refractivity contribution in [2.45, 2.75) is 24.7 Å². The highest BCUT2D eigenvalue weighted by atomic mass is 32.2. The van der Waals surface area contributed by atoms with Gasteiger partial charge in [-0.25, -0.2) is 4.78 Å². The van der Waals surface area contributed by atoms with Gasteiger partial charge in [0.1, 0.15) is 0 Å². The van der Waals surface area contributed by atoms with Gasteiger partial charge in [-0.3, -0.25) is 4.18 Å². The number of benzene rings is 1. The number of hydrogen-bond donors (Lipinski definition) is 2. The Bertz CT molecular complexity index is 479. The van der Waals surface area contributed by atoms with Gasteiger partial charge in [0, 0.05) is 5.69 Å². The minimum absolute atomic E-state index is 0.146. The van der Waals surface area contributed by atoms with Crippen molar-refractivity contribution < 1.29 is 16.8 Å². The predicted octanol–water partition coefficient (Wildman–Crippen LogP) is 1.74. The molecule has 0 saturated carbocycles.